The summed E-state index contributed by atoms with van der Waals surface area (Å²) in [5.74, 6) is -0.0359. The van der Waals surface area contributed by atoms with E-state index in [2.05, 4.69) is 45.2 Å². The van der Waals surface area contributed by atoms with Crippen molar-refractivity contribution in [3.05, 3.63) is 28.5 Å². The molecule has 0 radical (unpaired) electrons. The topological polar surface area (TPSA) is 45.2 Å². The molecule has 1 amide bonds. The fourth-order valence-corrected chi connectivity index (χ4v) is 2.62. The molecule has 4 nitrogen and oxygen atoms in total. The highest BCUT2D eigenvalue weighted by molar-refractivity contribution is 9.10. The van der Waals surface area contributed by atoms with Gasteiger partial charge in [-0.1, -0.05) is 0 Å². The standard InChI is InChI=1S/C13H18BrN3O/c1-17(2)13(5-3-6-13)9-16-12(18)10-4-7-15-11(14)8-10/h4,7-8H,3,5-6,9H2,1-2H3,(H,16,18). The van der Waals surface area contributed by atoms with Gasteiger partial charge in [-0.3, -0.25) is 4.79 Å². The van der Waals surface area contributed by atoms with Crippen LogP contribution in [0.15, 0.2) is 22.9 Å². The smallest absolute Gasteiger partial charge is 0.251 e. The van der Waals surface area contributed by atoms with Gasteiger partial charge >= 0.3 is 0 Å². The second kappa shape index (κ2) is 5.36. The van der Waals surface area contributed by atoms with Gasteiger partial charge in [-0.2, -0.15) is 0 Å². The van der Waals surface area contributed by atoms with Gasteiger partial charge in [0.2, 0.25) is 0 Å². The van der Waals surface area contributed by atoms with Crippen LogP contribution >= 0.6 is 15.9 Å². The molecule has 0 unspecified atom stereocenters. The lowest BCUT2D eigenvalue weighted by atomic mass is 9.75. The van der Waals surface area contributed by atoms with Gasteiger partial charge in [-0.15, -0.1) is 0 Å². The van der Waals surface area contributed by atoms with Crippen LogP contribution in [0.2, 0.25) is 0 Å². The Morgan fingerprint density at radius 1 is 1.56 bits per heavy atom. The summed E-state index contributed by atoms with van der Waals surface area (Å²) >= 11 is 3.27. The Labute approximate surface area is 116 Å². The van der Waals surface area contributed by atoms with Gasteiger partial charge in [-0.25, -0.2) is 4.98 Å². The molecule has 18 heavy (non-hydrogen) atoms. The summed E-state index contributed by atoms with van der Waals surface area (Å²) in [5.41, 5.74) is 0.796. The molecule has 0 aliphatic heterocycles. The summed E-state index contributed by atoms with van der Waals surface area (Å²) in [4.78, 5) is 18.3. The summed E-state index contributed by atoms with van der Waals surface area (Å²) in [6.07, 6.45) is 5.18. The van der Waals surface area contributed by atoms with Crippen LogP contribution < -0.4 is 5.32 Å². The lowest BCUT2D eigenvalue weighted by Gasteiger charge is -2.47. The molecule has 0 saturated heterocycles. The van der Waals surface area contributed by atoms with Crippen LogP contribution in [0.1, 0.15) is 29.6 Å². The van der Waals surface area contributed by atoms with Crippen molar-refractivity contribution in [3.63, 3.8) is 0 Å². The zero-order valence-electron chi connectivity index (χ0n) is 10.7. The molecule has 1 aliphatic rings. The van der Waals surface area contributed by atoms with Crippen molar-refractivity contribution in [2.75, 3.05) is 20.6 Å². The summed E-state index contributed by atoms with van der Waals surface area (Å²) in [6, 6.07) is 3.46. The van der Waals surface area contributed by atoms with Crippen LogP contribution in [0.25, 0.3) is 0 Å². The number of carbonyl (C=O) groups is 1. The van der Waals surface area contributed by atoms with Gasteiger partial charge in [0.1, 0.15) is 4.60 Å². The summed E-state index contributed by atoms with van der Waals surface area (Å²) in [6.45, 7) is 0.707. The van der Waals surface area contributed by atoms with Gasteiger partial charge in [0.05, 0.1) is 0 Å². The number of aromatic nitrogens is 1. The number of nitrogens with zero attached hydrogens (tertiary/aromatic N) is 2. The van der Waals surface area contributed by atoms with E-state index in [1.807, 2.05) is 0 Å². The maximum Gasteiger partial charge on any atom is 0.251 e. The van der Waals surface area contributed by atoms with Crippen LogP contribution in [0, 0.1) is 0 Å². The number of pyridine rings is 1. The second-order valence-corrected chi connectivity index (χ2v) is 5.83. The van der Waals surface area contributed by atoms with Crippen molar-refractivity contribution in [3.8, 4) is 0 Å². The Morgan fingerprint density at radius 3 is 2.78 bits per heavy atom. The zero-order valence-corrected chi connectivity index (χ0v) is 12.3. The lowest BCUT2D eigenvalue weighted by Crippen LogP contribution is -2.57. The van der Waals surface area contributed by atoms with Crippen LogP contribution in [-0.4, -0.2) is 42.0 Å². The average Bonchev–Trinajstić information content (AvgIpc) is 2.26. The molecule has 5 heteroatoms. The second-order valence-electron chi connectivity index (χ2n) is 5.02. The van der Waals surface area contributed by atoms with Crippen LogP contribution in [0.4, 0.5) is 0 Å². The van der Waals surface area contributed by atoms with E-state index >= 15 is 0 Å². The summed E-state index contributed by atoms with van der Waals surface area (Å²) in [7, 11) is 4.16. The van der Waals surface area contributed by atoms with Gasteiger partial charge in [0.25, 0.3) is 5.91 Å². The first kappa shape index (κ1) is 13.5. The average molecular weight is 312 g/mol. The molecule has 0 atom stereocenters. The van der Waals surface area contributed by atoms with E-state index in [0.29, 0.717) is 16.7 Å². The first-order chi connectivity index (χ1) is 8.53. The quantitative estimate of drug-likeness (QED) is 0.866. The number of likely N-dealkylation sites (N-methyl/N-ethyl adjacent to an activating group) is 1. The molecule has 1 aliphatic carbocycles. The van der Waals surface area contributed by atoms with Crippen molar-refractivity contribution >= 4 is 21.8 Å². The predicted molar refractivity (Wildman–Crippen MR) is 74.5 cm³/mol. The van der Waals surface area contributed by atoms with E-state index in [1.54, 1.807) is 18.3 Å². The first-order valence-electron chi connectivity index (χ1n) is 6.11. The summed E-state index contributed by atoms with van der Waals surface area (Å²) in [5, 5.41) is 3.02. The Morgan fingerprint density at radius 2 is 2.28 bits per heavy atom. The van der Waals surface area contributed by atoms with Gasteiger partial charge in [0, 0.05) is 23.8 Å². The lowest BCUT2D eigenvalue weighted by molar-refractivity contribution is 0.0557. The number of amides is 1. The predicted octanol–water partition coefficient (Wildman–Crippen LogP) is 2.06. The van der Waals surface area contributed by atoms with E-state index in [0.717, 1.165) is 12.8 Å². The molecule has 1 saturated carbocycles. The Balaban J connectivity index is 1.96. The molecule has 1 aromatic rings. The minimum absolute atomic E-state index is 0.0359. The van der Waals surface area contributed by atoms with Crippen molar-refractivity contribution in [1.82, 2.24) is 15.2 Å². The van der Waals surface area contributed by atoms with Gasteiger partial charge < -0.3 is 10.2 Å². The fraction of sp³-hybridized carbons (Fsp3) is 0.538. The number of hydrogen-bond donors (Lipinski definition) is 1. The fourth-order valence-electron chi connectivity index (χ4n) is 2.26. The minimum atomic E-state index is -0.0359. The Bertz CT molecular complexity index is 444. The highest BCUT2D eigenvalue weighted by atomic mass is 79.9. The van der Waals surface area contributed by atoms with E-state index in [4.69, 9.17) is 0 Å². The van der Waals surface area contributed by atoms with Crippen LogP contribution in [0.3, 0.4) is 0 Å². The number of halogens is 1. The molecule has 98 valence electrons. The summed E-state index contributed by atoms with van der Waals surface area (Å²) < 4.78 is 0.682. The van der Waals surface area contributed by atoms with Gasteiger partial charge in [0.15, 0.2) is 0 Å². The monoisotopic (exact) mass is 311 g/mol. The zero-order chi connectivity index (χ0) is 13.2. The first-order valence-corrected chi connectivity index (χ1v) is 6.90. The van der Waals surface area contributed by atoms with Gasteiger partial charge in [-0.05, 0) is 61.4 Å². The molecule has 1 N–H and O–H groups in total. The Hall–Kier alpha value is -0.940. The van der Waals surface area contributed by atoms with Crippen molar-refractivity contribution in [2.45, 2.75) is 24.8 Å². The molecule has 1 fully saturated rings. The number of rotatable bonds is 4. The molecule has 0 bridgehead atoms. The normalized spacial score (nSPS) is 17.3. The van der Waals surface area contributed by atoms with E-state index in [1.165, 1.54) is 6.42 Å². The third kappa shape index (κ3) is 2.72. The molecule has 2 rings (SSSR count). The molecular weight excluding hydrogens is 294 g/mol. The van der Waals surface area contributed by atoms with E-state index in [-0.39, 0.29) is 11.4 Å². The van der Waals surface area contributed by atoms with Crippen LogP contribution in [-0.2, 0) is 0 Å². The number of carbonyl (C=O) groups excluding carboxylic acids is 1. The van der Waals surface area contributed by atoms with E-state index in [9.17, 15) is 4.79 Å². The number of hydrogen-bond acceptors (Lipinski definition) is 3. The highest BCUT2D eigenvalue weighted by Crippen LogP contribution is 2.35. The molecule has 1 heterocycles. The maximum atomic E-state index is 12.0. The van der Waals surface area contributed by atoms with Crippen molar-refractivity contribution in [1.29, 1.82) is 0 Å². The molecule has 0 spiro atoms. The third-order valence-electron chi connectivity index (χ3n) is 3.80. The highest BCUT2D eigenvalue weighted by Gasteiger charge is 2.39. The minimum Gasteiger partial charge on any atom is -0.350 e. The molecule has 0 aromatic carbocycles. The van der Waals surface area contributed by atoms with Crippen LogP contribution in [0.5, 0.6) is 0 Å². The van der Waals surface area contributed by atoms with E-state index < -0.39 is 0 Å². The largest absolute Gasteiger partial charge is 0.350 e. The maximum absolute atomic E-state index is 12.0. The third-order valence-corrected chi connectivity index (χ3v) is 4.23. The molecule has 1 aromatic heterocycles. The van der Waals surface area contributed by atoms with Crippen molar-refractivity contribution < 1.29 is 4.79 Å². The Kier molecular flexibility index (Phi) is 4.02. The SMILES string of the molecule is CN(C)C1(CNC(=O)c2ccnc(Br)c2)CCC1. The van der Waals surface area contributed by atoms with Crippen molar-refractivity contribution in [2.24, 2.45) is 0 Å². The number of nitrogens with one attached hydrogen (secondary N) is 1. The molecular formula is C13H18BrN3O.